The van der Waals surface area contributed by atoms with E-state index in [2.05, 4.69) is 33.4 Å². The summed E-state index contributed by atoms with van der Waals surface area (Å²) in [6, 6.07) is 13.5. The van der Waals surface area contributed by atoms with Crippen LogP contribution in [0, 0.1) is 11.5 Å². The minimum absolute atomic E-state index is 0.123. The number of aromatic nitrogens is 4. The Bertz CT molecular complexity index is 1740. The molecular weight excluding hydrogens is 558 g/mol. The molecule has 0 atom stereocenters. The molecule has 4 aromatic rings. The number of hydrogen-bond acceptors (Lipinski definition) is 11. The van der Waals surface area contributed by atoms with Crippen molar-refractivity contribution >= 4 is 39.3 Å². The number of aliphatic hydroxyl groups is 2. The molecule has 44 heavy (non-hydrogen) atoms. The number of benzene rings is 2. The van der Waals surface area contributed by atoms with Gasteiger partial charge in [-0.25, -0.2) is 19.9 Å². The van der Waals surface area contributed by atoms with E-state index in [4.69, 9.17) is 15.2 Å². The molecule has 226 valence electrons. The maximum atomic E-state index is 12.0. The molecule has 4 N–H and O–H groups in total. The van der Waals surface area contributed by atoms with Crippen molar-refractivity contribution in [2.24, 2.45) is 0 Å². The summed E-state index contributed by atoms with van der Waals surface area (Å²) in [5.74, 6) is 1.58. The van der Waals surface area contributed by atoms with Gasteiger partial charge in [-0.1, -0.05) is 18.7 Å². The summed E-state index contributed by atoms with van der Waals surface area (Å²) in [4.78, 5) is 33.9. The van der Waals surface area contributed by atoms with E-state index in [-0.39, 0.29) is 12.5 Å². The molecule has 1 amide bonds. The van der Waals surface area contributed by atoms with Gasteiger partial charge in [-0.3, -0.25) is 4.79 Å². The van der Waals surface area contributed by atoms with Crippen LogP contribution in [0.15, 0.2) is 61.4 Å². The third kappa shape index (κ3) is 6.10. The topological polar surface area (TPSA) is 163 Å². The molecule has 2 aliphatic rings. The van der Waals surface area contributed by atoms with Gasteiger partial charge in [0.15, 0.2) is 12.0 Å². The van der Waals surface area contributed by atoms with Crippen LogP contribution in [-0.2, 0) is 4.79 Å². The zero-order valence-electron chi connectivity index (χ0n) is 24.4. The number of rotatable bonds is 8. The van der Waals surface area contributed by atoms with Crippen molar-refractivity contribution in [2.45, 2.75) is 36.9 Å². The van der Waals surface area contributed by atoms with Crippen molar-refractivity contribution in [2.75, 3.05) is 49.9 Å². The van der Waals surface area contributed by atoms with Gasteiger partial charge in [0.1, 0.15) is 18.0 Å². The summed E-state index contributed by atoms with van der Waals surface area (Å²) in [6.07, 6.45) is 6.81. The van der Waals surface area contributed by atoms with Crippen LogP contribution in [0.1, 0.15) is 25.7 Å². The van der Waals surface area contributed by atoms with Crippen LogP contribution in [0.5, 0.6) is 0 Å². The number of nitriles is 1. The van der Waals surface area contributed by atoms with Crippen molar-refractivity contribution in [3.63, 3.8) is 0 Å². The molecule has 2 aromatic carbocycles. The number of anilines is 2. The molecular formula is C32H35N9O3. The number of para-hydroxylation sites is 1. The number of nitrogens with zero attached hydrogens (tertiary/aromatic N) is 7. The summed E-state index contributed by atoms with van der Waals surface area (Å²) >= 11 is 0. The molecule has 12 nitrogen and oxygen atoms in total. The fourth-order valence-electron chi connectivity index (χ4n) is 5.82. The summed E-state index contributed by atoms with van der Waals surface area (Å²) in [5.41, 5.74) is 0.333. The summed E-state index contributed by atoms with van der Waals surface area (Å²) < 4.78 is 0. The predicted octanol–water partition coefficient (Wildman–Crippen LogP) is 2.91. The van der Waals surface area contributed by atoms with Gasteiger partial charge in [0.05, 0.1) is 22.2 Å². The highest BCUT2D eigenvalue weighted by atomic mass is 16.3. The number of amides is 1. The molecule has 2 saturated heterocycles. The lowest BCUT2D eigenvalue weighted by molar-refractivity contribution is -0.129. The molecule has 0 unspecified atom stereocenters. The van der Waals surface area contributed by atoms with Crippen LogP contribution in [0.25, 0.3) is 33.2 Å². The fourth-order valence-corrected chi connectivity index (χ4v) is 5.82. The SMILES string of the molecule is C=CC(=O)N1CCC(O)(CNc2nc(-c3ccc4ncnc(NCC5(O)CCN(C#N)CC5)c4c3)nc3ccccc23)CC1. The van der Waals surface area contributed by atoms with Gasteiger partial charge in [-0.05, 0) is 62.1 Å². The highest BCUT2D eigenvalue weighted by Crippen LogP contribution is 2.31. The van der Waals surface area contributed by atoms with Crippen molar-refractivity contribution in [3.05, 3.63) is 61.4 Å². The van der Waals surface area contributed by atoms with Crippen molar-refractivity contribution < 1.29 is 15.0 Å². The number of fused-ring (bicyclic) bond motifs is 2. The predicted molar refractivity (Wildman–Crippen MR) is 167 cm³/mol. The Kier molecular flexibility index (Phi) is 7.99. The number of likely N-dealkylation sites (tertiary alicyclic amines) is 2. The average molecular weight is 594 g/mol. The zero-order valence-corrected chi connectivity index (χ0v) is 24.4. The van der Waals surface area contributed by atoms with Crippen LogP contribution in [0.2, 0.25) is 0 Å². The Morgan fingerprint density at radius 3 is 2.30 bits per heavy atom. The molecule has 4 heterocycles. The molecule has 2 aliphatic heterocycles. The first-order valence-electron chi connectivity index (χ1n) is 14.8. The lowest BCUT2D eigenvalue weighted by Gasteiger charge is -2.38. The summed E-state index contributed by atoms with van der Waals surface area (Å²) in [6.45, 7) is 6.09. The lowest BCUT2D eigenvalue weighted by Crippen LogP contribution is -2.49. The molecule has 0 aliphatic carbocycles. The van der Waals surface area contributed by atoms with Crippen LogP contribution in [0.3, 0.4) is 0 Å². The minimum Gasteiger partial charge on any atom is -0.388 e. The van der Waals surface area contributed by atoms with Gasteiger partial charge in [0.2, 0.25) is 5.91 Å². The molecule has 2 fully saturated rings. The third-order valence-corrected chi connectivity index (χ3v) is 8.68. The van der Waals surface area contributed by atoms with Gasteiger partial charge in [0, 0.05) is 55.6 Å². The summed E-state index contributed by atoms with van der Waals surface area (Å²) in [5, 5.41) is 39.8. The van der Waals surface area contributed by atoms with Gasteiger partial charge in [0.25, 0.3) is 0 Å². The molecule has 0 saturated carbocycles. The monoisotopic (exact) mass is 593 g/mol. The Balaban J connectivity index is 1.25. The second-order valence-corrected chi connectivity index (χ2v) is 11.6. The largest absolute Gasteiger partial charge is 0.388 e. The number of carbonyl (C=O) groups excluding carboxylic acids is 1. The Morgan fingerprint density at radius 2 is 1.59 bits per heavy atom. The van der Waals surface area contributed by atoms with Gasteiger partial charge in [-0.15, -0.1) is 0 Å². The second-order valence-electron chi connectivity index (χ2n) is 11.6. The Labute approximate surface area is 255 Å². The maximum Gasteiger partial charge on any atom is 0.245 e. The van der Waals surface area contributed by atoms with E-state index in [9.17, 15) is 15.0 Å². The number of piperidine rings is 2. The Hall–Kier alpha value is -4.86. The highest BCUT2D eigenvalue weighted by Gasteiger charge is 2.34. The molecule has 0 spiro atoms. The van der Waals surface area contributed by atoms with Gasteiger partial charge >= 0.3 is 0 Å². The van der Waals surface area contributed by atoms with E-state index >= 15 is 0 Å². The van der Waals surface area contributed by atoms with Gasteiger partial charge < -0.3 is 30.6 Å². The van der Waals surface area contributed by atoms with Crippen LogP contribution in [0.4, 0.5) is 11.6 Å². The minimum atomic E-state index is -0.986. The van der Waals surface area contributed by atoms with Crippen LogP contribution in [-0.4, -0.2) is 96.3 Å². The highest BCUT2D eigenvalue weighted by molar-refractivity contribution is 5.94. The van der Waals surface area contributed by atoms with Crippen molar-refractivity contribution in [3.8, 4) is 17.6 Å². The normalized spacial score (nSPS) is 17.7. The molecule has 0 radical (unpaired) electrons. The maximum absolute atomic E-state index is 12.0. The molecule has 0 bridgehead atoms. The first-order chi connectivity index (χ1) is 21.3. The lowest BCUT2D eigenvalue weighted by atomic mass is 9.91. The fraction of sp³-hybridized carbons (Fsp3) is 0.375. The number of carbonyl (C=O) groups is 1. The van der Waals surface area contributed by atoms with E-state index in [0.717, 1.165) is 27.4 Å². The van der Waals surface area contributed by atoms with Gasteiger partial charge in [-0.2, -0.15) is 5.26 Å². The average Bonchev–Trinajstić information content (AvgIpc) is 3.06. The molecule has 6 rings (SSSR count). The second kappa shape index (κ2) is 12.0. The number of hydrogen-bond donors (Lipinski definition) is 4. The molecule has 2 aromatic heterocycles. The van der Waals surface area contributed by atoms with E-state index in [1.165, 1.54) is 12.4 Å². The Morgan fingerprint density at radius 1 is 0.909 bits per heavy atom. The van der Waals surface area contributed by atoms with E-state index in [1.807, 2.05) is 42.5 Å². The van der Waals surface area contributed by atoms with E-state index < -0.39 is 11.2 Å². The third-order valence-electron chi connectivity index (χ3n) is 8.68. The van der Waals surface area contributed by atoms with Crippen molar-refractivity contribution in [1.29, 1.82) is 5.26 Å². The zero-order chi connectivity index (χ0) is 30.7. The van der Waals surface area contributed by atoms with E-state index in [1.54, 1.807) is 9.80 Å². The van der Waals surface area contributed by atoms with Crippen molar-refractivity contribution in [1.82, 2.24) is 29.7 Å². The first-order valence-corrected chi connectivity index (χ1v) is 14.8. The summed E-state index contributed by atoms with van der Waals surface area (Å²) in [7, 11) is 0. The molecule has 12 heteroatoms. The standard InChI is InChI=1S/C32H35N9O3/c1-2-27(42)41-15-11-32(44,12-16-41)19-35-30-23-5-3-4-6-26(23)38-28(39-30)22-7-8-25-24(17-22)29(37-21-36-25)34-18-31(43)9-13-40(20-33)14-10-31/h2-8,17,21,43-44H,1,9-16,18-19H2,(H,34,36,37)(H,35,38,39). The van der Waals surface area contributed by atoms with Crippen LogP contribution >= 0.6 is 0 Å². The quantitative estimate of drug-likeness (QED) is 0.175. The number of nitrogens with one attached hydrogen (secondary N) is 2. The smallest absolute Gasteiger partial charge is 0.245 e. The van der Waals surface area contributed by atoms with Crippen LogP contribution < -0.4 is 10.6 Å². The van der Waals surface area contributed by atoms with E-state index in [0.29, 0.717) is 75.9 Å². The first kappa shape index (κ1) is 29.2.